The number of hydrogen-bond acceptors (Lipinski definition) is 8. The van der Waals surface area contributed by atoms with Crippen LogP contribution < -0.4 is 14.9 Å². The number of morpholine rings is 1. The van der Waals surface area contributed by atoms with Gasteiger partial charge in [-0.05, 0) is 51.1 Å². The summed E-state index contributed by atoms with van der Waals surface area (Å²) < 4.78 is 42.7. The minimum atomic E-state index is -3.93. The molecule has 10 nitrogen and oxygen atoms in total. The molecular weight excluding hydrogens is 438 g/mol. The molecule has 1 aromatic heterocycles. The van der Waals surface area contributed by atoms with Crippen LogP contribution >= 0.6 is 0 Å². The quantitative estimate of drug-likeness (QED) is 0.622. The Balaban J connectivity index is 1.83. The number of anilines is 2. The minimum Gasteiger partial charge on any atom is -0.465 e. The number of methoxy groups -OCH3 is 1. The molecule has 0 aliphatic carbocycles. The maximum Gasteiger partial charge on any atom is 0.340 e. The lowest BCUT2D eigenvalue weighted by Gasteiger charge is -2.29. The number of ether oxygens (including phenoxy) is 2. The molecule has 0 radical (unpaired) electrons. The van der Waals surface area contributed by atoms with E-state index >= 15 is 0 Å². The highest BCUT2D eigenvalue weighted by Crippen LogP contribution is 2.26. The molecular formula is C21H27N3O7S. The van der Waals surface area contributed by atoms with E-state index in [0.717, 1.165) is 5.69 Å². The van der Waals surface area contributed by atoms with Gasteiger partial charge in [0.1, 0.15) is 0 Å². The van der Waals surface area contributed by atoms with E-state index in [0.29, 0.717) is 26.3 Å². The number of esters is 1. The van der Waals surface area contributed by atoms with E-state index in [9.17, 15) is 18.0 Å². The predicted molar refractivity (Wildman–Crippen MR) is 118 cm³/mol. The van der Waals surface area contributed by atoms with Crippen molar-refractivity contribution in [3.63, 3.8) is 0 Å². The molecule has 2 aromatic rings. The van der Waals surface area contributed by atoms with Gasteiger partial charge < -0.3 is 24.1 Å². The van der Waals surface area contributed by atoms with Crippen LogP contribution in [0.4, 0.5) is 11.4 Å². The number of nitrogens with zero attached hydrogens (tertiary/aromatic N) is 1. The van der Waals surface area contributed by atoms with Gasteiger partial charge in [0.25, 0.3) is 15.9 Å². The highest BCUT2D eigenvalue weighted by atomic mass is 32.2. The van der Waals surface area contributed by atoms with Crippen LogP contribution in [0.3, 0.4) is 0 Å². The number of hydrogen-bond donors (Lipinski definition) is 2. The first-order valence-corrected chi connectivity index (χ1v) is 11.5. The Bertz CT molecular complexity index is 1100. The van der Waals surface area contributed by atoms with Crippen LogP contribution in [0.15, 0.2) is 39.8 Å². The van der Waals surface area contributed by atoms with Gasteiger partial charge in [-0.15, -0.1) is 0 Å². The van der Waals surface area contributed by atoms with Crippen molar-refractivity contribution in [1.82, 2.24) is 4.72 Å². The van der Waals surface area contributed by atoms with E-state index in [4.69, 9.17) is 13.9 Å². The highest BCUT2D eigenvalue weighted by Gasteiger charge is 2.27. The molecule has 0 atom stereocenters. The lowest BCUT2D eigenvalue weighted by Crippen LogP contribution is -2.40. The first-order valence-electron chi connectivity index (χ1n) is 10.0. The Hall–Kier alpha value is -2.89. The molecule has 0 spiro atoms. The van der Waals surface area contributed by atoms with Crippen LogP contribution in [0.5, 0.6) is 0 Å². The zero-order chi connectivity index (χ0) is 23.5. The SMILES string of the molecule is COC(=O)c1cc(N2CCOCC2)ccc1NC(=O)c1ccc(S(=O)(=O)NC(C)(C)C)o1. The number of sulfonamides is 1. The first kappa shape index (κ1) is 23.8. The van der Waals surface area contributed by atoms with Crippen LogP contribution in [-0.4, -0.2) is 59.2 Å². The van der Waals surface area contributed by atoms with Gasteiger partial charge >= 0.3 is 5.97 Å². The number of carbonyl (C=O) groups is 2. The summed E-state index contributed by atoms with van der Waals surface area (Å²) in [6.07, 6.45) is 0. The van der Waals surface area contributed by atoms with E-state index < -0.39 is 27.4 Å². The van der Waals surface area contributed by atoms with Gasteiger partial charge in [0.05, 0.1) is 31.6 Å². The summed E-state index contributed by atoms with van der Waals surface area (Å²) >= 11 is 0. The molecule has 0 saturated carbocycles. The molecule has 1 aliphatic heterocycles. The summed E-state index contributed by atoms with van der Waals surface area (Å²) in [6.45, 7) is 7.60. The zero-order valence-electron chi connectivity index (χ0n) is 18.4. The standard InChI is InChI=1S/C21H27N3O7S/c1-21(2,3)23-32(27,28)18-8-7-17(31-18)19(25)22-16-6-5-14(13-15(16)20(26)29-4)24-9-11-30-12-10-24/h5-8,13,23H,9-12H2,1-4H3,(H,22,25). The van der Waals surface area contributed by atoms with Crippen LogP contribution in [0.25, 0.3) is 0 Å². The summed E-state index contributed by atoms with van der Waals surface area (Å²) in [7, 11) is -2.68. The van der Waals surface area contributed by atoms with Crippen molar-refractivity contribution >= 4 is 33.3 Å². The van der Waals surface area contributed by atoms with Crippen LogP contribution in [0.1, 0.15) is 41.7 Å². The predicted octanol–water partition coefficient (Wildman–Crippen LogP) is 2.23. The third-order valence-electron chi connectivity index (χ3n) is 4.54. The van der Waals surface area contributed by atoms with Crippen molar-refractivity contribution in [1.29, 1.82) is 0 Å². The third-order valence-corrected chi connectivity index (χ3v) is 6.17. The third kappa shape index (κ3) is 5.67. The Morgan fingerprint density at radius 2 is 1.78 bits per heavy atom. The normalized spacial score (nSPS) is 14.8. The van der Waals surface area contributed by atoms with Gasteiger partial charge in [-0.2, -0.15) is 0 Å². The number of carbonyl (C=O) groups excluding carboxylic acids is 2. The molecule has 0 bridgehead atoms. The molecule has 1 saturated heterocycles. The van der Waals surface area contributed by atoms with E-state index in [-0.39, 0.29) is 22.1 Å². The van der Waals surface area contributed by atoms with E-state index in [2.05, 4.69) is 14.9 Å². The maximum absolute atomic E-state index is 12.7. The average molecular weight is 466 g/mol. The minimum absolute atomic E-state index is 0.165. The zero-order valence-corrected chi connectivity index (χ0v) is 19.2. The van der Waals surface area contributed by atoms with E-state index in [1.165, 1.54) is 19.2 Å². The molecule has 1 amide bonds. The first-order chi connectivity index (χ1) is 15.0. The smallest absolute Gasteiger partial charge is 0.340 e. The van der Waals surface area contributed by atoms with Crippen molar-refractivity contribution in [2.45, 2.75) is 31.4 Å². The molecule has 2 N–H and O–H groups in total. The summed E-state index contributed by atoms with van der Waals surface area (Å²) in [4.78, 5) is 27.1. The number of rotatable bonds is 6. The number of furan rings is 1. The highest BCUT2D eigenvalue weighted by molar-refractivity contribution is 7.89. The molecule has 2 heterocycles. The van der Waals surface area contributed by atoms with Crippen LogP contribution in [0, 0.1) is 0 Å². The average Bonchev–Trinajstić information content (AvgIpc) is 3.24. The Labute approximate surface area is 186 Å². The molecule has 3 rings (SSSR count). The topological polar surface area (TPSA) is 127 Å². The van der Waals surface area contributed by atoms with Crippen LogP contribution in [0.2, 0.25) is 0 Å². The second-order valence-corrected chi connectivity index (χ2v) is 9.86. The van der Waals surface area contributed by atoms with Gasteiger partial charge in [-0.1, -0.05) is 0 Å². The molecule has 1 aliphatic rings. The lowest BCUT2D eigenvalue weighted by atomic mass is 10.1. The Morgan fingerprint density at radius 3 is 2.41 bits per heavy atom. The van der Waals surface area contributed by atoms with Crippen molar-refractivity contribution in [3.8, 4) is 0 Å². The van der Waals surface area contributed by atoms with Crippen molar-refractivity contribution < 1.29 is 31.9 Å². The molecule has 0 unspecified atom stereocenters. The summed E-state index contributed by atoms with van der Waals surface area (Å²) in [5.41, 5.74) is 0.462. The van der Waals surface area contributed by atoms with E-state index in [1.807, 2.05) is 0 Å². The van der Waals surface area contributed by atoms with Gasteiger partial charge in [-0.25, -0.2) is 17.9 Å². The maximum atomic E-state index is 12.7. The van der Waals surface area contributed by atoms with Gasteiger partial charge in [0, 0.05) is 24.3 Å². The Morgan fingerprint density at radius 1 is 1.09 bits per heavy atom. The number of amides is 1. The largest absolute Gasteiger partial charge is 0.465 e. The van der Waals surface area contributed by atoms with Crippen LogP contribution in [-0.2, 0) is 19.5 Å². The number of benzene rings is 1. The summed E-state index contributed by atoms with van der Waals surface area (Å²) in [5, 5.41) is 2.21. The molecule has 1 aromatic carbocycles. The number of nitrogens with one attached hydrogen (secondary N) is 2. The van der Waals surface area contributed by atoms with Gasteiger partial charge in [0.2, 0.25) is 5.09 Å². The summed E-state index contributed by atoms with van der Waals surface area (Å²) in [6, 6.07) is 7.46. The van der Waals surface area contributed by atoms with Crippen molar-refractivity contribution in [3.05, 3.63) is 41.7 Å². The van der Waals surface area contributed by atoms with Crippen molar-refractivity contribution in [2.24, 2.45) is 0 Å². The lowest BCUT2D eigenvalue weighted by molar-refractivity contribution is 0.0602. The summed E-state index contributed by atoms with van der Waals surface area (Å²) in [5.74, 6) is -1.54. The fourth-order valence-electron chi connectivity index (χ4n) is 3.16. The Kier molecular flexibility index (Phi) is 6.91. The fourth-order valence-corrected chi connectivity index (χ4v) is 4.52. The van der Waals surface area contributed by atoms with E-state index in [1.54, 1.807) is 39.0 Å². The fraction of sp³-hybridized carbons (Fsp3) is 0.429. The van der Waals surface area contributed by atoms with Gasteiger partial charge in [0.15, 0.2) is 5.76 Å². The second-order valence-electron chi connectivity index (χ2n) is 8.25. The molecule has 1 fully saturated rings. The van der Waals surface area contributed by atoms with Crippen molar-refractivity contribution in [2.75, 3.05) is 43.6 Å². The monoisotopic (exact) mass is 465 g/mol. The molecule has 32 heavy (non-hydrogen) atoms. The molecule has 11 heteroatoms. The van der Waals surface area contributed by atoms with Gasteiger partial charge in [-0.3, -0.25) is 4.79 Å². The molecule has 174 valence electrons. The second kappa shape index (κ2) is 9.31.